The molecule has 0 bridgehead atoms. The summed E-state index contributed by atoms with van der Waals surface area (Å²) in [6.45, 7) is 13.0. The van der Waals surface area contributed by atoms with E-state index in [1.54, 1.807) is 0 Å². The SMILES string of the molecule is CC(C)(CCCN)CO[Si](c1ccccc1)(c1ccccc1)C(C)(C)C. The smallest absolute Gasteiger partial charge is 0.261 e. The van der Waals surface area contributed by atoms with E-state index in [9.17, 15) is 0 Å². The van der Waals surface area contributed by atoms with Gasteiger partial charge in [-0.3, -0.25) is 0 Å². The van der Waals surface area contributed by atoms with E-state index < -0.39 is 8.32 Å². The Kier molecular flexibility index (Phi) is 6.84. The van der Waals surface area contributed by atoms with Crippen LogP contribution in [0.25, 0.3) is 0 Å². The van der Waals surface area contributed by atoms with Crippen molar-refractivity contribution in [1.82, 2.24) is 0 Å². The third-order valence-corrected chi connectivity index (χ3v) is 10.1. The van der Waals surface area contributed by atoms with Gasteiger partial charge in [-0.2, -0.15) is 0 Å². The molecule has 0 aliphatic carbocycles. The van der Waals surface area contributed by atoms with Crippen LogP contribution in [0, 0.1) is 5.41 Å². The van der Waals surface area contributed by atoms with Crippen molar-refractivity contribution in [1.29, 1.82) is 0 Å². The molecule has 2 aromatic carbocycles. The summed E-state index contributed by atoms with van der Waals surface area (Å²) in [5.41, 5.74) is 5.85. The zero-order chi connectivity index (χ0) is 19.3. The lowest BCUT2D eigenvalue weighted by atomic mass is 9.89. The van der Waals surface area contributed by atoms with Gasteiger partial charge in [0.15, 0.2) is 0 Å². The summed E-state index contributed by atoms with van der Waals surface area (Å²) >= 11 is 0. The van der Waals surface area contributed by atoms with Crippen LogP contribution in [0.2, 0.25) is 5.04 Å². The molecular formula is C23H35NOSi. The van der Waals surface area contributed by atoms with Gasteiger partial charge in [0, 0.05) is 6.61 Å². The summed E-state index contributed by atoms with van der Waals surface area (Å²) in [4.78, 5) is 0. The molecule has 0 amide bonds. The fraction of sp³-hybridized carbons (Fsp3) is 0.478. The predicted molar refractivity (Wildman–Crippen MR) is 116 cm³/mol. The van der Waals surface area contributed by atoms with Gasteiger partial charge in [-0.05, 0) is 40.2 Å². The minimum absolute atomic E-state index is 0.0274. The Morgan fingerprint density at radius 3 is 1.65 bits per heavy atom. The number of hydrogen-bond acceptors (Lipinski definition) is 2. The maximum Gasteiger partial charge on any atom is 0.261 e. The van der Waals surface area contributed by atoms with E-state index in [1.807, 2.05) is 0 Å². The monoisotopic (exact) mass is 369 g/mol. The zero-order valence-electron chi connectivity index (χ0n) is 17.1. The molecule has 2 N–H and O–H groups in total. The lowest BCUT2D eigenvalue weighted by Gasteiger charge is -2.44. The Hall–Kier alpha value is -1.42. The highest BCUT2D eigenvalue weighted by atomic mass is 28.4. The molecule has 0 unspecified atom stereocenters. The Morgan fingerprint density at radius 2 is 1.27 bits per heavy atom. The van der Waals surface area contributed by atoms with Gasteiger partial charge >= 0.3 is 0 Å². The average Bonchev–Trinajstić information content (AvgIpc) is 2.61. The van der Waals surface area contributed by atoms with Crippen molar-refractivity contribution < 1.29 is 4.43 Å². The molecule has 0 aliphatic rings. The fourth-order valence-corrected chi connectivity index (χ4v) is 8.48. The summed E-state index contributed by atoms with van der Waals surface area (Å²) in [7, 11) is -2.43. The summed E-state index contributed by atoms with van der Waals surface area (Å²) < 4.78 is 7.03. The maximum absolute atomic E-state index is 7.03. The molecule has 2 rings (SSSR count). The van der Waals surface area contributed by atoms with E-state index in [1.165, 1.54) is 10.4 Å². The predicted octanol–water partition coefficient (Wildman–Crippen LogP) is 4.33. The van der Waals surface area contributed by atoms with Crippen LogP contribution in [0.4, 0.5) is 0 Å². The molecule has 142 valence electrons. The van der Waals surface area contributed by atoms with Gasteiger partial charge in [-0.1, -0.05) is 95.3 Å². The number of nitrogens with two attached hydrogens (primary N) is 1. The van der Waals surface area contributed by atoms with Crippen molar-refractivity contribution in [3.63, 3.8) is 0 Å². The number of hydrogen-bond donors (Lipinski definition) is 1. The number of rotatable bonds is 8. The highest BCUT2D eigenvalue weighted by Crippen LogP contribution is 2.38. The first-order valence-electron chi connectivity index (χ1n) is 9.68. The van der Waals surface area contributed by atoms with Crippen LogP contribution in [0.5, 0.6) is 0 Å². The van der Waals surface area contributed by atoms with E-state index in [0.29, 0.717) is 0 Å². The standard InChI is InChI=1S/C23H35NOSi/c1-22(2,3)26(20-13-8-6-9-14-20,21-15-10-7-11-16-21)25-19-23(4,5)17-12-18-24/h6-11,13-16H,12,17-19,24H2,1-5H3. The first-order valence-corrected chi connectivity index (χ1v) is 11.6. The molecule has 2 aromatic rings. The van der Waals surface area contributed by atoms with Crippen molar-refractivity contribution in [2.45, 2.75) is 52.5 Å². The quantitative estimate of drug-likeness (QED) is 0.703. The molecule has 0 saturated carbocycles. The van der Waals surface area contributed by atoms with E-state index in [0.717, 1.165) is 26.0 Å². The fourth-order valence-electron chi connectivity index (χ4n) is 3.72. The molecule has 0 aromatic heterocycles. The average molecular weight is 370 g/mol. The summed E-state index contributed by atoms with van der Waals surface area (Å²) in [6.07, 6.45) is 2.12. The van der Waals surface area contributed by atoms with Crippen molar-refractivity contribution >= 4 is 18.7 Å². The summed E-state index contributed by atoms with van der Waals surface area (Å²) in [5.74, 6) is 0. The minimum Gasteiger partial charge on any atom is -0.407 e. The van der Waals surface area contributed by atoms with Gasteiger partial charge in [0.05, 0.1) is 0 Å². The summed E-state index contributed by atoms with van der Waals surface area (Å²) in [6, 6.07) is 21.7. The van der Waals surface area contributed by atoms with Crippen LogP contribution < -0.4 is 16.1 Å². The van der Waals surface area contributed by atoms with Crippen molar-refractivity contribution in [2.24, 2.45) is 11.1 Å². The normalized spacial score (nSPS) is 13.0. The molecule has 0 atom stereocenters. The molecule has 0 heterocycles. The Morgan fingerprint density at radius 1 is 0.808 bits per heavy atom. The Balaban J connectivity index is 2.51. The first kappa shape index (κ1) is 20.9. The van der Waals surface area contributed by atoms with Gasteiger partial charge in [0.25, 0.3) is 8.32 Å². The van der Waals surface area contributed by atoms with Crippen LogP contribution in [-0.4, -0.2) is 21.5 Å². The minimum atomic E-state index is -2.43. The second kappa shape index (κ2) is 8.51. The molecule has 26 heavy (non-hydrogen) atoms. The van der Waals surface area contributed by atoms with Gasteiger partial charge in [-0.25, -0.2) is 0 Å². The second-order valence-corrected chi connectivity index (χ2v) is 13.3. The van der Waals surface area contributed by atoms with Crippen molar-refractivity contribution in [3.8, 4) is 0 Å². The Labute approximate surface area is 160 Å². The Bertz CT molecular complexity index is 622. The number of benzene rings is 2. The molecule has 0 radical (unpaired) electrons. The van der Waals surface area contributed by atoms with Gasteiger partial charge in [0.2, 0.25) is 0 Å². The van der Waals surface area contributed by atoms with Crippen molar-refractivity contribution in [3.05, 3.63) is 60.7 Å². The molecular weight excluding hydrogens is 334 g/mol. The third-order valence-electron chi connectivity index (χ3n) is 5.15. The van der Waals surface area contributed by atoms with E-state index in [2.05, 4.69) is 95.3 Å². The van der Waals surface area contributed by atoms with Crippen LogP contribution in [-0.2, 0) is 4.43 Å². The molecule has 0 saturated heterocycles. The highest BCUT2D eigenvalue weighted by Gasteiger charge is 2.50. The topological polar surface area (TPSA) is 35.2 Å². The largest absolute Gasteiger partial charge is 0.407 e. The lowest BCUT2D eigenvalue weighted by molar-refractivity contribution is 0.158. The van der Waals surface area contributed by atoms with Crippen LogP contribution in [0.15, 0.2) is 60.7 Å². The molecule has 0 fully saturated rings. The summed E-state index contributed by atoms with van der Waals surface area (Å²) in [5, 5.41) is 2.71. The molecule has 3 heteroatoms. The van der Waals surface area contributed by atoms with E-state index in [4.69, 9.17) is 10.2 Å². The molecule has 2 nitrogen and oxygen atoms in total. The lowest BCUT2D eigenvalue weighted by Crippen LogP contribution is -2.67. The van der Waals surface area contributed by atoms with Gasteiger partial charge in [-0.15, -0.1) is 0 Å². The van der Waals surface area contributed by atoms with Crippen LogP contribution >= 0.6 is 0 Å². The van der Waals surface area contributed by atoms with E-state index >= 15 is 0 Å². The van der Waals surface area contributed by atoms with Gasteiger partial charge < -0.3 is 10.2 Å². The van der Waals surface area contributed by atoms with E-state index in [-0.39, 0.29) is 10.5 Å². The highest BCUT2D eigenvalue weighted by molar-refractivity contribution is 6.99. The van der Waals surface area contributed by atoms with Gasteiger partial charge in [0.1, 0.15) is 0 Å². The van der Waals surface area contributed by atoms with Crippen molar-refractivity contribution in [2.75, 3.05) is 13.2 Å². The third kappa shape index (κ3) is 4.64. The first-order chi connectivity index (χ1) is 12.2. The second-order valence-electron chi connectivity index (χ2n) is 9.01. The van der Waals surface area contributed by atoms with Crippen LogP contribution in [0.3, 0.4) is 0 Å². The maximum atomic E-state index is 7.03. The zero-order valence-corrected chi connectivity index (χ0v) is 18.1. The van der Waals surface area contributed by atoms with Crippen LogP contribution in [0.1, 0.15) is 47.5 Å². The molecule has 0 aliphatic heterocycles. The molecule has 0 spiro atoms.